The number of fused-ring (bicyclic) bond motifs is 1. The van der Waals surface area contributed by atoms with Gasteiger partial charge in [0.05, 0.1) is 0 Å². The molecule has 1 aliphatic carbocycles. The van der Waals surface area contributed by atoms with Crippen LogP contribution in [0.15, 0.2) is 36.4 Å². The molecule has 7 nitrogen and oxygen atoms in total. The molecule has 0 saturated carbocycles. The molecule has 2 aromatic rings. The number of pyridine rings is 1. The Morgan fingerprint density at radius 3 is 2.29 bits per heavy atom. The maximum absolute atomic E-state index is 14.2. The number of nitrogens with one attached hydrogen (secondary N) is 1. The molecule has 0 bridgehead atoms. The first-order valence-corrected chi connectivity index (χ1v) is 12.0. The largest absolute Gasteiger partial charge is 0.479 e. The fraction of sp³-hybridized carbons (Fsp3) is 0.481. The molecule has 1 unspecified atom stereocenters. The number of halogens is 1. The number of aryl methyl sites for hydroxylation is 2. The molecule has 1 aliphatic heterocycles. The van der Waals surface area contributed by atoms with E-state index in [2.05, 4.69) is 10.3 Å². The summed E-state index contributed by atoms with van der Waals surface area (Å²) in [4.78, 5) is 46.4. The van der Waals surface area contributed by atoms with Gasteiger partial charge in [-0.1, -0.05) is 50.6 Å². The van der Waals surface area contributed by atoms with E-state index in [4.69, 9.17) is 0 Å². The molecule has 2 amide bonds. The summed E-state index contributed by atoms with van der Waals surface area (Å²) >= 11 is 0. The number of rotatable bonds is 6. The van der Waals surface area contributed by atoms with Crippen molar-refractivity contribution in [3.8, 4) is 0 Å². The highest BCUT2D eigenvalue weighted by atomic mass is 35.5. The van der Waals surface area contributed by atoms with Gasteiger partial charge < -0.3 is 15.3 Å². The molecule has 2 heterocycles. The van der Waals surface area contributed by atoms with Crippen molar-refractivity contribution in [3.63, 3.8) is 0 Å². The summed E-state index contributed by atoms with van der Waals surface area (Å²) in [5.74, 6) is -2.18. The zero-order valence-corrected chi connectivity index (χ0v) is 21.7. The highest BCUT2D eigenvalue weighted by molar-refractivity contribution is 6.02. The third-order valence-corrected chi connectivity index (χ3v) is 7.93. The van der Waals surface area contributed by atoms with Gasteiger partial charge in [0.25, 0.3) is 0 Å². The summed E-state index contributed by atoms with van der Waals surface area (Å²) in [7, 11) is 0. The maximum atomic E-state index is 14.2. The lowest BCUT2D eigenvalue weighted by molar-refractivity contribution is -0.172. The molecule has 4 atom stereocenters. The van der Waals surface area contributed by atoms with E-state index in [9.17, 15) is 19.5 Å². The Hall–Kier alpha value is -2.93. The molecule has 4 rings (SSSR count). The number of amides is 2. The van der Waals surface area contributed by atoms with E-state index in [1.807, 2.05) is 45.0 Å². The number of carbonyl (C=O) groups excluding carboxylic acids is 2. The molecular formula is C27H34ClN3O4. The molecule has 1 aromatic heterocycles. The molecule has 0 spiro atoms. The minimum absolute atomic E-state index is 0. The Bertz CT molecular complexity index is 1130. The Balaban J connectivity index is 0.00000342. The van der Waals surface area contributed by atoms with Gasteiger partial charge in [-0.05, 0) is 62.6 Å². The van der Waals surface area contributed by atoms with Crippen molar-refractivity contribution < 1.29 is 19.5 Å². The molecule has 188 valence electrons. The first-order chi connectivity index (χ1) is 16.1. The molecule has 1 aromatic carbocycles. The van der Waals surface area contributed by atoms with Crippen LogP contribution in [0.3, 0.4) is 0 Å². The quantitative estimate of drug-likeness (QED) is 0.630. The van der Waals surface area contributed by atoms with Crippen molar-refractivity contribution in [1.82, 2.24) is 15.2 Å². The predicted octanol–water partition coefficient (Wildman–Crippen LogP) is 3.79. The van der Waals surface area contributed by atoms with Crippen LogP contribution in [0.4, 0.5) is 0 Å². The number of aromatic nitrogens is 1. The molecule has 0 radical (unpaired) electrons. The SMILES string of the molecule is CC[C@H](C)[C@]1(C)C(=O)N[C@H](C2Cc3ccccc3C2)C(=O)N1C(C(=O)O)c1ccc(C)nc1C.Cl. The summed E-state index contributed by atoms with van der Waals surface area (Å²) in [6, 6.07) is 9.42. The molecule has 35 heavy (non-hydrogen) atoms. The number of hydrogen-bond donors (Lipinski definition) is 2. The van der Waals surface area contributed by atoms with E-state index in [1.54, 1.807) is 26.0 Å². The first-order valence-electron chi connectivity index (χ1n) is 12.0. The van der Waals surface area contributed by atoms with Gasteiger partial charge in [0.1, 0.15) is 11.6 Å². The van der Waals surface area contributed by atoms with Crippen LogP contribution < -0.4 is 5.32 Å². The van der Waals surface area contributed by atoms with Crippen molar-refractivity contribution in [3.05, 3.63) is 64.5 Å². The summed E-state index contributed by atoms with van der Waals surface area (Å²) < 4.78 is 0. The summed E-state index contributed by atoms with van der Waals surface area (Å²) in [6.45, 7) is 9.12. The van der Waals surface area contributed by atoms with E-state index in [0.717, 1.165) is 5.69 Å². The minimum Gasteiger partial charge on any atom is -0.479 e. The zero-order chi connectivity index (χ0) is 24.8. The Morgan fingerprint density at radius 2 is 1.77 bits per heavy atom. The Labute approximate surface area is 212 Å². The van der Waals surface area contributed by atoms with E-state index >= 15 is 0 Å². The van der Waals surface area contributed by atoms with Crippen molar-refractivity contribution in [2.45, 2.75) is 71.5 Å². The van der Waals surface area contributed by atoms with Gasteiger partial charge >= 0.3 is 5.97 Å². The van der Waals surface area contributed by atoms with Gasteiger partial charge in [0, 0.05) is 17.0 Å². The average Bonchev–Trinajstić information content (AvgIpc) is 3.23. The lowest BCUT2D eigenvalue weighted by atomic mass is 9.76. The molecular weight excluding hydrogens is 466 g/mol. The first kappa shape index (κ1) is 26.7. The highest BCUT2D eigenvalue weighted by Gasteiger charge is 2.57. The average molecular weight is 500 g/mol. The van der Waals surface area contributed by atoms with Crippen LogP contribution in [0.25, 0.3) is 0 Å². The van der Waals surface area contributed by atoms with Crippen LogP contribution in [0, 0.1) is 25.7 Å². The van der Waals surface area contributed by atoms with Crippen molar-refractivity contribution in [2.75, 3.05) is 0 Å². The van der Waals surface area contributed by atoms with Crippen molar-refractivity contribution in [2.24, 2.45) is 11.8 Å². The third kappa shape index (κ3) is 4.42. The van der Waals surface area contributed by atoms with Gasteiger partial charge in [-0.2, -0.15) is 0 Å². The summed E-state index contributed by atoms with van der Waals surface area (Å²) in [5, 5.41) is 13.4. The van der Waals surface area contributed by atoms with Gasteiger partial charge in [-0.3, -0.25) is 14.6 Å². The van der Waals surface area contributed by atoms with Crippen LogP contribution in [0.1, 0.15) is 61.3 Å². The number of hydrogen-bond acceptors (Lipinski definition) is 4. The standard InChI is InChI=1S/C27H33N3O4.ClH/c1-6-15(2)27(5)26(34)29-22(20-13-18-9-7-8-10-19(18)14-20)24(31)30(27)23(25(32)33)21-12-11-16(3)28-17(21)4;/h7-12,15,20,22-23H,6,13-14H2,1-5H3,(H,29,34)(H,32,33);1H/t15-,22+,23?,27+;/m0./s1. The van der Waals surface area contributed by atoms with Crippen LogP contribution >= 0.6 is 12.4 Å². The van der Waals surface area contributed by atoms with Crippen LogP contribution in [-0.2, 0) is 27.2 Å². The summed E-state index contributed by atoms with van der Waals surface area (Å²) in [6.07, 6.45) is 1.96. The second kappa shape index (κ2) is 9.97. The second-order valence-corrected chi connectivity index (χ2v) is 9.92. The Kier molecular flexibility index (Phi) is 7.60. The van der Waals surface area contributed by atoms with Crippen molar-refractivity contribution >= 4 is 30.2 Å². The highest BCUT2D eigenvalue weighted by Crippen LogP contribution is 2.41. The normalized spacial score (nSPS) is 23.8. The number of nitrogens with zero attached hydrogens (tertiary/aromatic N) is 2. The lowest BCUT2D eigenvalue weighted by Gasteiger charge is -2.52. The number of carbonyl (C=O) groups is 3. The van der Waals surface area contributed by atoms with E-state index < -0.39 is 23.6 Å². The van der Waals surface area contributed by atoms with Crippen LogP contribution in [0.5, 0.6) is 0 Å². The molecule has 1 saturated heterocycles. The van der Waals surface area contributed by atoms with Gasteiger partial charge in [0.15, 0.2) is 6.04 Å². The molecule has 8 heteroatoms. The van der Waals surface area contributed by atoms with E-state index in [-0.39, 0.29) is 36.1 Å². The summed E-state index contributed by atoms with van der Waals surface area (Å²) in [5.41, 5.74) is 2.77. The fourth-order valence-electron chi connectivity index (χ4n) is 5.61. The lowest BCUT2D eigenvalue weighted by Crippen LogP contribution is -2.74. The molecule has 2 N–H and O–H groups in total. The van der Waals surface area contributed by atoms with E-state index in [1.165, 1.54) is 16.0 Å². The second-order valence-electron chi connectivity index (χ2n) is 9.92. The monoisotopic (exact) mass is 499 g/mol. The fourth-order valence-corrected chi connectivity index (χ4v) is 5.61. The number of benzene rings is 1. The number of aliphatic carboxylic acids is 1. The number of piperazine rings is 1. The molecule has 1 fully saturated rings. The smallest absolute Gasteiger partial charge is 0.331 e. The Morgan fingerprint density at radius 1 is 1.17 bits per heavy atom. The number of carboxylic acids is 1. The maximum Gasteiger partial charge on any atom is 0.331 e. The zero-order valence-electron chi connectivity index (χ0n) is 20.9. The van der Waals surface area contributed by atoms with Gasteiger partial charge in [-0.15, -0.1) is 12.4 Å². The third-order valence-electron chi connectivity index (χ3n) is 7.93. The topological polar surface area (TPSA) is 99.6 Å². The van der Waals surface area contributed by atoms with Crippen LogP contribution in [-0.4, -0.2) is 44.4 Å². The molecule has 2 aliphatic rings. The van der Waals surface area contributed by atoms with Crippen molar-refractivity contribution in [1.29, 1.82) is 0 Å². The van der Waals surface area contributed by atoms with Gasteiger partial charge in [0.2, 0.25) is 11.8 Å². The van der Waals surface area contributed by atoms with Gasteiger partial charge in [-0.25, -0.2) is 4.79 Å². The van der Waals surface area contributed by atoms with E-state index in [0.29, 0.717) is 30.5 Å². The number of carboxylic acid groups (broad SMARTS) is 1. The predicted molar refractivity (Wildman–Crippen MR) is 135 cm³/mol. The van der Waals surface area contributed by atoms with Crippen LogP contribution in [0.2, 0.25) is 0 Å². The minimum atomic E-state index is -1.31.